The molecule has 0 saturated heterocycles. The normalized spacial score (nSPS) is 12.6. The molecule has 2 aromatic rings. The fourth-order valence-electron chi connectivity index (χ4n) is 1.99. The van der Waals surface area contributed by atoms with E-state index in [1.54, 1.807) is 13.3 Å². The Morgan fingerprint density at radius 2 is 2.26 bits per heavy atom. The fourth-order valence-corrected chi connectivity index (χ4v) is 1.99. The van der Waals surface area contributed by atoms with Gasteiger partial charge in [0.2, 0.25) is 5.95 Å². The zero-order valence-corrected chi connectivity index (χ0v) is 11.8. The molecule has 19 heavy (non-hydrogen) atoms. The van der Waals surface area contributed by atoms with Crippen molar-refractivity contribution in [1.29, 1.82) is 0 Å². The molecule has 0 aliphatic carbocycles. The van der Waals surface area contributed by atoms with E-state index in [9.17, 15) is 0 Å². The maximum Gasteiger partial charge on any atom is 0.203 e. The molecule has 0 aliphatic heterocycles. The molecule has 0 radical (unpaired) electrons. The van der Waals surface area contributed by atoms with Crippen molar-refractivity contribution in [1.82, 2.24) is 14.7 Å². The number of rotatable bonds is 6. The molecule has 2 rings (SSSR count). The molecule has 0 spiro atoms. The molecule has 2 aromatic heterocycles. The van der Waals surface area contributed by atoms with Gasteiger partial charge in [0, 0.05) is 31.1 Å². The number of imidazole rings is 1. The summed E-state index contributed by atoms with van der Waals surface area (Å²) in [6.45, 7) is 7.26. The third-order valence-corrected chi connectivity index (χ3v) is 3.02. The summed E-state index contributed by atoms with van der Waals surface area (Å²) in [7, 11) is 1.69. The molecular weight excluding hydrogens is 244 g/mol. The number of nitrogens with one attached hydrogen (secondary N) is 1. The maximum atomic E-state index is 5.18. The molecule has 0 aliphatic rings. The molecule has 1 N–H and O–H groups in total. The highest BCUT2D eigenvalue weighted by Gasteiger charge is 2.12. The van der Waals surface area contributed by atoms with Crippen LogP contribution in [-0.2, 0) is 11.3 Å². The molecular formula is C13H20N4O2. The van der Waals surface area contributed by atoms with Crippen molar-refractivity contribution >= 4 is 5.95 Å². The smallest absolute Gasteiger partial charge is 0.203 e. The zero-order chi connectivity index (χ0) is 13.8. The van der Waals surface area contributed by atoms with Crippen molar-refractivity contribution in [3.8, 4) is 0 Å². The monoisotopic (exact) mass is 264 g/mol. The van der Waals surface area contributed by atoms with Crippen LogP contribution in [0.4, 0.5) is 5.95 Å². The van der Waals surface area contributed by atoms with Crippen molar-refractivity contribution in [2.24, 2.45) is 0 Å². The highest BCUT2D eigenvalue weighted by atomic mass is 16.5. The summed E-state index contributed by atoms with van der Waals surface area (Å²) in [6, 6.07) is 0.204. The number of nitrogens with zero attached hydrogens (tertiary/aromatic N) is 3. The molecule has 1 unspecified atom stereocenters. The molecule has 104 valence electrons. The Morgan fingerprint density at radius 3 is 2.89 bits per heavy atom. The van der Waals surface area contributed by atoms with Crippen LogP contribution in [0.3, 0.4) is 0 Å². The minimum absolute atomic E-state index is 0.204. The second-order valence-corrected chi connectivity index (χ2v) is 4.68. The topological polar surface area (TPSA) is 65.1 Å². The molecule has 1 atom stereocenters. The molecule has 0 saturated carbocycles. The van der Waals surface area contributed by atoms with E-state index in [2.05, 4.69) is 22.4 Å². The predicted octanol–water partition coefficient (Wildman–Crippen LogP) is 1.98. The standard InChI is InChI=1S/C13H20N4O2/c1-9(8-18-4)15-13-14-5-6-17(13)7-12-10(2)16-19-11(12)3/h5-6,9H,7-8H2,1-4H3,(H,14,15). The lowest BCUT2D eigenvalue weighted by Crippen LogP contribution is -2.23. The minimum atomic E-state index is 0.204. The van der Waals surface area contributed by atoms with Crippen molar-refractivity contribution in [2.75, 3.05) is 19.0 Å². The second kappa shape index (κ2) is 5.88. The molecule has 0 amide bonds. The third-order valence-electron chi connectivity index (χ3n) is 3.02. The lowest BCUT2D eigenvalue weighted by Gasteiger charge is -2.15. The first-order valence-corrected chi connectivity index (χ1v) is 6.30. The van der Waals surface area contributed by atoms with Crippen LogP contribution in [0.25, 0.3) is 0 Å². The largest absolute Gasteiger partial charge is 0.383 e. The van der Waals surface area contributed by atoms with E-state index in [4.69, 9.17) is 9.26 Å². The first-order chi connectivity index (χ1) is 9.11. The Bertz CT molecular complexity index is 513. The van der Waals surface area contributed by atoms with Crippen molar-refractivity contribution in [2.45, 2.75) is 33.4 Å². The molecule has 0 bridgehead atoms. The number of hydrogen-bond acceptors (Lipinski definition) is 5. The van der Waals surface area contributed by atoms with Gasteiger partial charge in [0.25, 0.3) is 0 Å². The first-order valence-electron chi connectivity index (χ1n) is 6.30. The highest BCUT2D eigenvalue weighted by Crippen LogP contribution is 2.16. The Morgan fingerprint density at radius 1 is 1.47 bits per heavy atom. The number of methoxy groups -OCH3 is 1. The van der Waals surface area contributed by atoms with Gasteiger partial charge in [-0.2, -0.15) is 0 Å². The number of anilines is 1. The average Bonchev–Trinajstić information content (AvgIpc) is 2.92. The van der Waals surface area contributed by atoms with Crippen LogP contribution >= 0.6 is 0 Å². The summed E-state index contributed by atoms with van der Waals surface area (Å²) in [5, 5.41) is 7.29. The van der Waals surface area contributed by atoms with E-state index in [0.29, 0.717) is 13.2 Å². The van der Waals surface area contributed by atoms with Gasteiger partial charge in [-0.15, -0.1) is 0 Å². The van der Waals surface area contributed by atoms with Crippen LogP contribution in [-0.4, -0.2) is 34.5 Å². The number of aryl methyl sites for hydroxylation is 2. The summed E-state index contributed by atoms with van der Waals surface area (Å²) in [5.41, 5.74) is 2.02. The zero-order valence-electron chi connectivity index (χ0n) is 11.8. The van der Waals surface area contributed by atoms with E-state index in [1.807, 2.05) is 24.6 Å². The Labute approximate surface area is 112 Å². The second-order valence-electron chi connectivity index (χ2n) is 4.68. The minimum Gasteiger partial charge on any atom is -0.383 e. The van der Waals surface area contributed by atoms with Crippen LogP contribution in [0.15, 0.2) is 16.9 Å². The molecule has 6 heteroatoms. The van der Waals surface area contributed by atoms with Gasteiger partial charge in [-0.25, -0.2) is 4.98 Å². The summed E-state index contributed by atoms with van der Waals surface area (Å²) >= 11 is 0. The quantitative estimate of drug-likeness (QED) is 0.864. The Hall–Kier alpha value is -1.82. The van der Waals surface area contributed by atoms with Gasteiger partial charge in [-0.3, -0.25) is 0 Å². The molecule has 6 nitrogen and oxygen atoms in total. The Kier molecular flexibility index (Phi) is 4.21. The summed E-state index contributed by atoms with van der Waals surface area (Å²) in [4.78, 5) is 4.32. The van der Waals surface area contributed by atoms with Gasteiger partial charge < -0.3 is 19.1 Å². The molecule has 2 heterocycles. The predicted molar refractivity (Wildman–Crippen MR) is 72.3 cm³/mol. The summed E-state index contributed by atoms with van der Waals surface area (Å²) in [5.74, 6) is 1.67. The average molecular weight is 264 g/mol. The van der Waals surface area contributed by atoms with Gasteiger partial charge in [-0.1, -0.05) is 5.16 Å². The van der Waals surface area contributed by atoms with Crippen LogP contribution in [0.1, 0.15) is 23.9 Å². The van der Waals surface area contributed by atoms with E-state index >= 15 is 0 Å². The van der Waals surface area contributed by atoms with Gasteiger partial charge in [-0.05, 0) is 20.8 Å². The van der Waals surface area contributed by atoms with Gasteiger partial charge in [0.15, 0.2) is 0 Å². The number of hydrogen-bond donors (Lipinski definition) is 1. The van der Waals surface area contributed by atoms with Crippen LogP contribution in [0.5, 0.6) is 0 Å². The highest BCUT2D eigenvalue weighted by molar-refractivity contribution is 5.30. The third kappa shape index (κ3) is 3.14. The van der Waals surface area contributed by atoms with Crippen molar-refractivity contribution in [3.63, 3.8) is 0 Å². The van der Waals surface area contributed by atoms with E-state index < -0.39 is 0 Å². The van der Waals surface area contributed by atoms with Crippen LogP contribution in [0, 0.1) is 13.8 Å². The number of ether oxygens (including phenoxy) is 1. The van der Waals surface area contributed by atoms with Crippen LogP contribution < -0.4 is 5.32 Å². The van der Waals surface area contributed by atoms with Gasteiger partial charge >= 0.3 is 0 Å². The van der Waals surface area contributed by atoms with E-state index in [1.165, 1.54) is 0 Å². The van der Waals surface area contributed by atoms with E-state index in [-0.39, 0.29) is 6.04 Å². The maximum absolute atomic E-state index is 5.18. The van der Waals surface area contributed by atoms with E-state index in [0.717, 1.165) is 23.0 Å². The number of aromatic nitrogens is 3. The van der Waals surface area contributed by atoms with Gasteiger partial charge in [0.05, 0.1) is 18.8 Å². The van der Waals surface area contributed by atoms with Crippen LogP contribution in [0.2, 0.25) is 0 Å². The summed E-state index contributed by atoms with van der Waals surface area (Å²) in [6.07, 6.45) is 3.72. The lowest BCUT2D eigenvalue weighted by atomic mass is 10.2. The van der Waals surface area contributed by atoms with Gasteiger partial charge in [0.1, 0.15) is 5.76 Å². The fraction of sp³-hybridized carbons (Fsp3) is 0.538. The molecule has 0 fully saturated rings. The first kappa shape index (κ1) is 13.6. The molecule has 0 aromatic carbocycles. The van der Waals surface area contributed by atoms with Crippen molar-refractivity contribution < 1.29 is 9.26 Å². The van der Waals surface area contributed by atoms with Crippen molar-refractivity contribution in [3.05, 3.63) is 29.4 Å². The summed E-state index contributed by atoms with van der Waals surface area (Å²) < 4.78 is 12.3. The SMILES string of the molecule is COCC(C)Nc1nccn1Cc1c(C)noc1C. The Balaban J connectivity index is 2.12. The lowest BCUT2D eigenvalue weighted by molar-refractivity contribution is 0.190.